The fraction of sp³-hybridized carbons (Fsp3) is 0.474. The van der Waals surface area contributed by atoms with Crippen molar-refractivity contribution in [2.75, 3.05) is 6.61 Å². The van der Waals surface area contributed by atoms with Gasteiger partial charge in [-0.3, -0.25) is 9.59 Å². The molecule has 0 radical (unpaired) electrons. The van der Waals surface area contributed by atoms with Gasteiger partial charge >= 0.3 is 0 Å². The summed E-state index contributed by atoms with van der Waals surface area (Å²) in [5.41, 5.74) is -0.240. The highest BCUT2D eigenvalue weighted by atomic mass is 16.5. The number of phenols is 1. The lowest BCUT2D eigenvalue weighted by Crippen LogP contribution is -2.55. The lowest BCUT2D eigenvalue weighted by molar-refractivity contribution is -0.231. The van der Waals surface area contributed by atoms with E-state index in [0.717, 1.165) is 0 Å². The van der Waals surface area contributed by atoms with Crippen molar-refractivity contribution < 1.29 is 39.5 Å². The highest BCUT2D eigenvalue weighted by Gasteiger charge is 2.45. The molecule has 1 fully saturated rings. The van der Waals surface area contributed by atoms with Gasteiger partial charge in [0.15, 0.2) is 5.43 Å². The topological polar surface area (TPSA) is 158 Å². The van der Waals surface area contributed by atoms with Crippen LogP contribution in [-0.2, 0) is 16.0 Å². The third-order valence-electron chi connectivity index (χ3n) is 4.87. The number of ether oxygens (including phenoxy) is 1. The first kappa shape index (κ1) is 20.4. The largest absolute Gasteiger partial charge is 0.507 e. The Labute approximate surface area is 159 Å². The minimum Gasteiger partial charge on any atom is -0.507 e. The number of carbonyl (C=O) groups excluding carboxylic acids is 1. The number of Topliss-reactive ketones (excluding diaryl/α,β-unsaturated/α-hetero) is 1. The highest BCUT2D eigenvalue weighted by molar-refractivity contribution is 5.86. The highest BCUT2D eigenvalue weighted by Crippen LogP contribution is 2.41. The summed E-state index contributed by atoms with van der Waals surface area (Å²) in [5, 5.41) is 50.5. The van der Waals surface area contributed by atoms with Crippen molar-refractivity contribution in [3.8, 4) is 5.75 Å². The number of hydrogen-bond acceptors (Lipinski definition) is 9. The molecule has 1 aliphatic rings. The zero-order valence-corrected chi connectivity index (χ0v) is 15.3. The number of rotatable bonds is 4. The summed E-state index contributed by atoms with van der Waals surface area (Å²) in [6, 6.07) is 2.48. The van der Waals surface area contributed by atoms with E-state index in [1.807, 2.05) is 0 Å². The Morgan fingerprint density at radius 3 is 2.43 bits per heavy atom. The zero-order chi connectivity index (χ0) is 20.7. The summed E-state index contributed by atoms with van der Waals surface area (Å²) in [7, 11) is 0. The number of aromatic hydroxyl groups is 1. The average molecular weight is 394 g/mol. The molecule has 2 heterocycles. The Hall–Kier alpha value is -2.30. The van der Waals surface area contributed by atoms with Crippen molar-refractivity contribution in [3.05, 3.63) is 39.2 Å². The van der Waals surface area contributed by atoms with Crippen molar-refractivity contribution in [2.45, 2.75) is 50.8 Å². The van der Waals surface area contributed by atoms with E-state index in [0.29, 0.717) is 5.56 Å². The van der Waals surface area contributed by atoms with Gasteiger partial charge in [0.2, 0.25) is 0 Å². The second-order valence-electron chi connectivity index (χ2n) is 7.04. The van der Waals surface area contributed by atoms with Crippen LogP contribution in [0.1, 0.15) is 29.9 Å². The minimum absolute atomic E-state index is 0.0702. The molecular formula is C19H22O9. The number of carbonyl (C=O) groups is 1. The van der Waals surface area contributed by atoms with Gasteiger partial charge in [-0.05, 0) is 25.5 Å². The molecule has 1 aliphatic heterocycles. The fourth-order valence-electron chi connectivity index (χ4n) is 3.52. The van der Waals surface area contributed by atoms with Crippen molar-refractivity contribution in [2.24, 2.45) is 0 Å². The quantitative estimate of drug-likeness (QED) is 0.459. The molecule has 0 saturated carbocycles. The summed E-state index contributed by atoms with van der Waals surface area (Å²) in [5.74, 6) is -0.535. The summed E-state index contributed by atoms with van der Waals surface area (Å²) in [6.07, 6.45) is -7.65. The molecule has 9 heteroatoms. The first-order chi connectivity index (χ1) is 13.1. The Balaban J connectivity index is 2.26. The molecule has 2 aromatic rings. The Bertz CT molecular complexity index is 962. The number of aliphatic hydroxyl groups excluding tert-OH is 4. The molecule has 0 unspecified atom stereocenters. The number of aliphatic hydroxyl groups is 4. The first-order valence-electron chi connectivity index (χ1n) is 8.74. The third kappa shape index (κ3) is 3.43. The number of phenolic OH excluding ortho intramolecular Hbond substituents is 1. The summed E-state index contributed by atoms with van der Waals surface area (Å²) in [6.45, 7) is 2.27. The third-order valence-corrected chi connectivity index (χ3v) is 4.87. The Morgan fingerprint density at radius 1 is 1.14 bits per heavy atom. The molecular weight excluding hydrogens is 372 g/mol. The SMILES string of the molecule is CC(=O)Cc1cc(=O)c2c(C)cc(O)c([C@@H]3O[C@@H](CO)[C@@H](O)[C@@H](O)[C@@H]3O)c2o1. The van der Waals surface area contributed by atoms with Gasteiger partial charge in [-0.25, -0.2) is 0 Å². The maximum Gasteiger partial charge on any atom is 0.193 e. The molecule has 5 N–H and O–H groups in total. The number of benzene rings is 1. The lowest BCUT2D eigenvalue weighted by Gasteiger charge is -2.40. The summed E-state index contributed by atoms with van der Waals surface area (Å²) < 4.78 is 11.2. The Morgan fingerprint density at radius 2 is 1.82 bits per heavy atom. The molecule has 0 spiro atoms. The van der Waals surface area contributed by atoms with E-state index in [2.05, 4.69) is 0 Å². The molecule has 9 nitrogen and oxygen atoms in total. The predicted molar refractivity (Wildman–Crippen MR) is 96.0 cm³/mol. The standard InChI is InChI=1S/C19H22O9/c1-7-3-10(22)14(19-17(26)16(25)15(24)12(6-20)28-19)18-13(7)11(23)5-9(27-18)4-8(2)21/h3,5,12,15-17,19-20,22,24-26H,4,6H2,1-2H3/t12-,15+,16+,17-,19-/m0/s1. The number of hydrogen-bond donors (Lipinski definition) is 5. The molecule has 152 valence electrons. The second kappa shape index (κ2) is 7.61. The van der Waals surface area contributed by atoms with Crippen LogP contribution in [0, 0.1) is 6.92 Å². The van der Waals surface area contributed by atoms with E-state index >= 15 is 0 Å². The van der Waals surface area contributed by atoms with Crippen molar-refractivity contribution in [1.82, 2.24) is 0 Å². The molecule has 1 aromatic carbocycles. The van der Waals surface area contributed by atoms with Crippen LogP contribution in [-0.4, -0.2) is 62.3 Å². The molecule has 0 amide bonds. The van der Waals surface area contributed by atoms with E-state index in [4.69, 9.17) is 9.15 Å². The second-order valence-corrected chi connectivity index (χ2v) is 7.04. The Kier molecular flexibility index (Phi) is 5.55. The summed E-state index contributed by atoms with van der Waals surface area (Å²) in [4.78, 5) is 24.0. The summed E-state index contributed by atoms with van der Waals surface area (Å²) >= 11 is 0. The maximum absolute atomic E-state index is 12.6. The van der Waals surface area contributed by atoms with E-state index in [-0.39, 0.29) is 40.2 Å². The normalized spacial score (nSPS) is 27.9. The minimum atomic E-state index is -1.67. The smallest absolute Gasteiger partial charge is 0.193 e. The molecule has 28 heavy (non-hydrogen) atoms. The van der Waals surface area contributed by atoms with Crippen LogP contribution >= 0.6 is 0 Å². The van der Waals surface area contributed by atoms with Gasteiger partial charge in [0.1, 0.15) is 53.4 Å². The zero-order valence-electron chi connectivity index (χ0n) is 15.3. The molecule has 0 aliphatic carbocycles. The first-order valence-corrected chi connectivity index (χ1v) is 8.74. The monoisotopic (exact) mass is 394 g/mol. The van der Waals surface area contributed by atoms with Crippen LogP contribution in [0.4, 0.5) is 0 Å². The molecule has 1 saturated heterocycles. The fourth-order valence-corrected chi connectivity index (χ4v) is 3.52. The van der Waals surface area contributed by atoms with Crippen molar-refractivity contribution in [1.29, 1.82) is 0 Å². The van der Waals surface area contributed by atoms with E-state index < -0.39 is 42.6 Å². The van der Waals surface area contributed by atoms with Gasteiger partial charge < -0.3 is 34.7 Å². The van der Waals surface area contributed by atoms with Gasteiger partial charge in [0, 0.05) is 6.07 Å². The van der Waals surface area contributed by atoms with Crippen LogP contribution in [0.5, 0.6) is 5.75 Å². The van der Waals surface area contributed by atoms with Crippen molar-refractivity contribution in [3.63, 3.8) is 0 Å². The van der Waals surface area contributed by atoms with Gasteiger partial charge in [-0.2, -0.15) is 0 Å². The van der Waals surface area contributed by atoms with Crippen LogP contribution in [0.25, 0.3) is 11.0 Å². The maximum atomic E-state index is 12.6. The van der Waals surface area contributed by atoms with Gasteiger partial charge in [0.25, 0.3) is 0 Å². The van der Waals surface area contributed by atoms with E-state index in [1.54, 1.807) is 6.92 Å². The van der Waals surface area contributed by atoms with Crippen LogP contribution < -0.4 is 5.43 Å². The van der Waals surface area contributed by atoms with Gasteiger partial charge in [0.05, 0.1) is 24.0 Å². The van der Waals surface area contributed by atoms with E-state index in [9.17, 15) is 35.1 Å². The molecule has 0 bridgehead atoms. The van der Waals surface area contributed by atoms with Crippen LogP contribution in [0.3, 0.4) is 0 Å². The van der Waals surface area contributed by atoms with Gasteiger partial charge in [-0.15, -0.1) is 0 Å². The van der Waals surface area contributed by atoms with Crippen LogP contribution in [0.15, 0.2) is 21.3 Å². The van der Waals surface area contributed by atoms with E-state index in [1.165, 1.54) is 19.1 Å². The number of aryl methyl sites for hydroxylation is 1. The molecule has 3 rings (SSSR count). The predicted octanol–water partition coefficient (Wildman–Crippen LogP) is -0.547. The molecule has 1 aromatic heterocycles. The number of ketones is 1. The number of fused-ring (bicyclic) bond motifs is 1. The average Bonchev–Trinajstić information content (AvgIpc) is 2.60. The molecule has 5 atom stereocenters. The van der Waals surface area contributed by atoms with Gasteiger partial charge in [-0.1, -0.05) is 0 Å². The lowest BCUT2D eigenvalue weighted by atomic mass is 9.89. The van der Waals surface area contributed by atoms with Crippen LogP contribution in [0.2, 0.25) is 0 Å². The van der Waals surface area contributed by atoms with Crippen molar-refractivity contribution >= 4 is 16.8 Å².